The van der Waals surface area contributed by atoms with Gasteiger partial charge in [0, 0.05) is 24.2 Å². The lowest BCUT2D eigenvalue weighted by atomic mass is 10.2. The number of nitrogens with zero attached hydrogens (tertiary/aromatic N) is 4. The van der Waals surface area contributed by atoms with Crippen LogP contribution in [0.4, 0.5) is 0 Å². The number of rotatable bonds is 5. The number of ketones is 1. The lowest BCUT2D eigenvalue weighted by Gasteiger charge is -2.02. The van der Waals surface area contributed by atoms with Crippen LogP contribution < -0.4 is 0 Å². The van der Waals surface area contributed by atoms with E-state index in [4.69, 9.17) is 0 Å². The van der Waals surface area contributed by atoms with Crippen molar-refractivity contribution in [3.63, 3.8) is 0 Å². The average Bonchev–Trinajstić information content (AvgIpc) is 3.04. The Morgan fingerprint density at radius 3 is 2.71 bits per heavy atom. The van der Waals surface area contributed by atoms with Crippen LogP contribution in [0.15, 0.2) is 55.1 Å². The molecule has 0 aliphatic carbocycles. The second-order valence-corrected chi connectivity index (χ2v) is 7.43. The van der Waals surface area contributed by atoms with Crippen molar-refractivity contribution >= 4 is 15.6 Å². The fourth-order valence-electron chi connectivity index (χ4n) is 2.15. The van der Waals surface area contributed by atoms with E-state index in [-0.39, 0.29) is 5.69 Å². The Morgan fingerprint density at radius 1 is 1.17 bits per heavy atom. The van der Waals surface area contributed by atoms with E-state index in [1.165, 1.54) is 6.07 Å². The van der Waals surface area contributed by atoms with Gasteiger partial charge in [-0.05, 0) is 24.3 Å². The number of hydrogen-bond donors (Lipinski definition) is 0. The molecule has 0 bridgehead atoms. The quantitative estimate of drug-likeness (QED) is 0.653. The summed E-state index contributed by atoms with van der Waals surface area (Å²) in [7, 11) is -3.39. The van der Waals surface area contributed by atoms with Gasteiger partial charge in [-0.25, -0.2) is 18.1 Å². The summed E-state index contributed by atoms with van der Waals surface area (Å²) >= 11 is 0. The molecule has 0 atom stereocenters. The molecule has 0 N–H and O–H groups in total. The maximum absolute atomic E-state index is 12.0. The van der Waals surface area contributed by atoms with E-state index in [0.29, 0.717) is 11.3 Å². The van der Waals surface area contributed by atoms with E-state index in [1.807, 2.05) is 6.07 Å². The summed E-state index contributed by atoms with van der Waals surface area (Å²) in [5, 5.41) is 4.25. The molecule has 3 rings (SSSR count). The highest BCUT2D eigenvalue weighted by Gasteiger charge is 2.15. The minimum absolute atomic E-state index is 0.118. The zero-order valence-electron chi connectivity index (χ0n) is 12.8. The van der Waals surface area contributed by atoms with Gasteiger partial charge in [-0.1, -0.05) is 6.07 Å². The van der Waals surface area contributed by atoms with Gasteiger partial charge in [-0.3, -0.25) is 9.78 Å². The number of Topliss-reactive ketones (excluding diaryl/α,β-unsaturated/α-hetero) is 1. The molecule has 0 fully saturated rings. The average molecular weight is 342 g/mol. The van der Waals surface area contributed by atoms with Gasteiger partial charge in [0.2, 0.25) is 0 Å². The highest BCUT2D eigenvalue weighted by Crippen LogP contribution is 2.18. The van der Waals surface area contributed by atoms with Crippen molar-refractivity contribution in [2.75, 3.05) is 12.0 Å². The molecule has 0 radical (unpaired) electrons. The zero-order valence-corrected chi connectivity index (χ0v) is 13.6. The van der Waals surface area contributed by atoms with E-state index >= 15 is 0 Å². The van der Waals surface area contributed by atoms with E-state index in [1.54, 1.807) is 47.7 Å². The largest absolute Gasteiger partial charge is 0.291 e. The smallest absolute Gasteiger partial charge is 0.196 e. The van der Waals surface area contributed by atoms with Crippen LogP contribution >= 0.6 is 0 Å². The van der Waals surface area contributed by atoms with Gasteiger partial charge in [0.25, 0.3) is 0 Å². The Morgan fingerprint density at radius 2 is 2.00 bits per heavy atom. The van der Waals surface area contributed by atoms with Crippen LogP contribution in [0, 0.1) is 0 Å². The summed E-state index contributed by atoms with van der Waals surface area (Å²) in [5.74, 6) is -1.09. The second-order valence-electron chi connectivity index (χ2n) is 5.29. The first-order valence-corrected chi connectivity index (χ1v) is 9.12. The van der Waals surface area contributed by atoms with Gasteiger partial charge >= 0.3 is 0 Å². The van der Waals surface area contributed by atoms with Crippen molar-refractivity contribution in [3.05, 3.63) is 60.8 Å². The maximum Gasteiger partial charge on any atom is 0.196 e. The van der Waals surface area contributed by atoms with Gasteiger partial charge in [-0.15, -0.1) is 0 Å². The third kappa shape index (κ3) is 3.72. The van der Waals surface area contributed by atoms with Gasteiger partial charge in [-0.2, -0.15) is 5.10 Å². The van der Waals surface area contributed by atoms with Crippen molar-refractivity contribution in [2.45, 2.75) is 0 Å². The summed E-state index contributed by atoms with van der Waals surface area (Å²) in [5.41, 5.74) is 2.18. The normalized spacial score (nSPS) is 11.4. The third-order valence-corrected chi connectivity index (χ3v) is 4.00. The number of carbonyl (C=O) groups excluding carboxylic acids is 1. The van der Waals surface area contributed by atoms with Crippen LogP contribution in [0.5, 0.6) is 0 Å². The number of aromatic nitrogens is 4. The predicted molar refractivity (Wildman–Crippen MR) is 88.6 cm³/mol. The molecule has 122 valence electrons. The summed E-state index contributed by atoms with van der Waals surface area (Å²) in [6, 6.07) is 8.58. The molecule has 0 aromatic carbocycles. The number of sulfone groups is 1. The number of hydrogen-bond acceptors (Lipinski definition) is 6. The van der Waals surface area contributed by atoms with Gasteiger partial charge in [0.05, 0.1) is 23.8 Å². The molecular weight excluding hydrogens is 328 g/mol. The van der Waals surface area contributed by atoms with E-state index < -0.39 is 21.4 Å². The lowest BCUT2D eigenvalue weighted by molar-refractivity contribution is 0.101. The highest BCUT2D eigenvalue weighted by atomic mass is 32.2. The molecule has 0 amide bonds. The molecule has 0 aliphatic rings. The molecular formula is C16H14N4O3S. The van der Waals surface area contributed by atoms with Crippen molar-refractivity contribution in [1.29, 1.82) is 0 Å². The SMILES string of the molecule is CS(=O)(=O)CC(=O)c1cccc(-c2cnn(-c3cccnc3)c2)n1. The van der Waals surface area contributed by atoms with Crippen LogP contribution in [-0.2, 0) is 9.84 Å². The lowest BCUT2D eigenvalue weighted by Crippen LogP contribution is -2.15. The molecule has 3 heterocycles. The predicted octanol–water partition coefficient (Wildman–Crippen LogP) is 1.56. The first kappa shape index (κ1) is 16.0. The fraction of sp³-hybridized carbons (Fsp3) is 0.125. The van der Waals surface area contributed by atoms with Crippen LogP contribution in [0.3, 0.4) is 0 Å². The molecule has 8 heteroatoms. The number of pyridine rings is 2. The molecule has 7 nitrogen and oxygen atoms in total. The molecule has 0 aliphatic heterocycles. The first-order valence-electron chi connectivity index (χ1n) is 7.06. The molecule has 0 saturated heterocycles. The minimum atomic E-state index is -3.39. The Balaban J connectivity index is 1.90. The Bertz CT molecular complexity index is 981. The van der Waals surface area contributed by atoms with Crippen molar-refractivity contribution in [1.82, 2.24) is 19.7 Å². The van der Waals surface area contributed by atoms with Crippen LogP contribution in [-0.4, -0.2) is 46.0 Å². The Labute approximate surface area is 138 Å². The summed E-state index contributed by atoms with van der Waals surface area (Å²) < 4.78 is 24.2. The van der Waals surface area contributed by atoms with Gasteiger partial charge in [0.1, 0.15) is 11.4 Å². The van der Waals surface area contributed by atoms with E-state index in [9.17, 15) is 13.2 Å². The third-order valence-electron chi connectivity index (χ3n) is 3.22. The second kappa shape index (κ2) is 6.32. The van der Waals surface area contributed by atoms with Gasteiger partial charge in [0.15, 0.2) is 15.6 Å². The molecule has 3 aromatic heterocycles. The van der Waals surface area contributed by atoms with E-state index in [2.05, 4.69) is 15.1 Å². The van der Waals surface area contributed by atoms with E-state index in [0.717, 1.165) is 11.9 Å². The maximum atomic E-state index is 12.0. The molecule has 0 saturated carbocycles. The molecule has 0 unspecified atom stereocenters. The fourth-order valence-corrected chi connectivity index (χ4v) is 2.77. The van der Waals surface area contributed by atoms with Crippen LogP contribution in [0.1, 0.15) is 10.5 Å². The van der Waals surface area contributed by atoms with Crippen molar-refractivity contribution in [3.8, 4) is 16.9 Å². The summed E-state index contributed by atoms with van der Waals surface area (Å²) in [6.07, 6.45) is 7.76. The first-order chi connectivity index (χ1) is 11.4. The standard InChI is InChI=1S/C16H14N4O3S/c1-24(22,23)11-16(21)15-6-2-5-14(19-15)12-8-18-20(10-12)13-4-3-7-17-9-13/h2-10H,11H2,1H3. The monoisotopic (exact) mass is 342 g/mol. The minimum Gasteiger partial charge on any atom is -0.291 e. The van der Waals surface area contributed by atoms with Gasteiger partial charge < -0.3 is 0 Å². The van der Waals surface area contributed by atoms with Crippen molar-refractivity contribution < 1.29 is 13.2 Å². The molecule has 24 heavy (non-hydrogen) atoms. The van der Waals surface area contributed by atoms with Crippen molar-refractivity contribution in [2.24, 2.45) is 0 Å². The summed E-state index contributed by atoms with van der Waals surface area (Å²) in [4.78, 5) is 20.3. The highest BCUT2D eigenvalue weighted by molar-refractivity contribution is 7.91. The summed E-state index contributed by atoms with van der Waals surface area (Å²) in [6.45, 7) is 0. The van der Waals surface area contributed by atoms with Crippen LogP contribution in [0.2, 0.25) is 0 Å². The topological polar surface area (TPSA) is 94.8 Å². The molecule has 3 aromatic rings. The Hall–Kier alpha value is -2.87. The zero-order chi connectivity index (χ0) is 17.2. The molecule has 0 spiro atoms. The Kier molecular flexibility index (Phi) is 4.22. The van der Waals surface area contributed by atoms with Crippen LogP contribution in [0.25, 0.3) is 16.9 Å². The number of carbonyl (C=O) groups is 1.